The van der Waals surface area contributed by atoms with Crippen LogP contribution in [-0.2, 0) is 4.74 Å². The van der Waals surface area contributed by atoms with Crippen LogP contribution >= 0.6 is 0 Å². The average Bonchev–Trinajstić information content (AvgIpc) is 2.34. The summed E-state index contributed by atoms with van der Waals surface area (Å²) in [6.07, 6.45) is 5.61. The van der Waals surface area contributed by atoms with Crippen molar-refractivity contribution in [3.05, 3.63) is 0 Å². The number of hydrogen-bond acceptors (Lipinski definition) is 3. The summed E-state index contributed by atoms with van der Waals surface area (Å²) in [5.74, 6) is 0. The molecule has 1 aliphatic heterocycles. The molecule has 3 nitrogen and oxygen atoms in total. The first-order valence-corrected chi connectivity index (χ1v) is 7.34. The van der Waals surface area contributed by atoms with Gasteiger partial charge in [0.05, 0.1) is 12.7 Å². The molecule has 3 heteroatoms. The Morgan fingerprint density at radius 2 is 2.06 bits per heavy atom. The van der Waals surface area contributed by atoms with Crippen LogP contribution in [-0.4, -0.2) is 49.8 Å². The molecule has 0 aliphatic carbocycles. The molecule has 1 aliphatic rings. The second-order valence-electron chi connectivity index (χ2n) is 5.12. The van der Waals surface area contributed by atoms with Gasteiger partial charge in [-0.05, 0) is 45.8 Å². The lowest BCUT2D eigenvalue weighted by molar-refractivity contribution is -0.0561. The highest BCUT2D eigenvalue weighted by Gasteiger charge is 2.24. The molecule has 0 radical (unpaired) electrons. The third-order valence-corrected chi connectivity index (χ3v) is 3.60. The van der Waals surface area contributed by atoms with Gasteiger partial charge in [0, 0.05) is 12.6 Å². The zero-order chi connectivity index (χ0) is 12.5. The third-order valence-electron chi connectivity index (χ3n) is 3.60. The Morgan fingerprint density at radius 1 is 1.24 bits per heavy atom. The van der Waals surface area contributed by atoms with Crippen molar-refractivity contribution in [2.24, 2.45) is 0 Å². The van der Waals surface area contributed by atoms with E-state index in [-0.39, 0.29) is 0 Å². The lowest BCUT2D eigenvalue weighted by Crippen LogP contribution is -2.48. The van der Waals surface area contributed by atoms with E-state index in [0.29, 0.717) is 12.1 Å². The summed E-state index contributed by atoms with van der Waals surface area (Å²) in [6, 6.07) is 0.653. The number of ether oxygens (including phenoxy) is 1. The van der Waals surface area contributed by atoms with Crippen LogP contribution in [0.5, 0.6) is 0 Å². The summed E-state index contributed by atoms with van der Waals surface area (Å²) < 4.78 is 5.72. The number of morpholine rings is 1. The first-order chi connectivity index (χ1) is 8.27. The van der Waals surface area contributed by atoms with Crippen LogP contribution in [0, 0.1) is 0 Å². The Kier molecular flexibility index (Phi) is 7.82. The van der Waals surface area contributed by atoms with Crippen molar-refractivity contribution < 1.29 is 4.74 Å². The highest BCUT2D eigenvalue weighted by Crippen LogP contribution is 2.15. The van der Waals surface area contributed by atoms with Crippen molar-refractivity contribution in [2.75, 3.05) is 32.8 Å². The normalized spacial score (nSPS) is 26.3. The maximum Gasteiger partial charge on any atom is 0.0674 e. The third kappa shape index (κ3) is 5.84. The smallest absolute Gasteiger partial charge is 0.0674 e. The average molecular weight is 242 g/mol. The minimum absolute atomic E-state index is 0.416. The molecule has 102 valence electrons. The van der Waals surface area contributed by atoms with E-state index in [2.05, 4.69) is 31.0 Å². The standard InChI is InChI=1S/C14H30N2O/c1-4-14-12-17-13(3)11-16(14)10-8-6-7-9-15-5-2/h13-15H,4-12H2,1-3H3. The Balaban J connectivity index is 2.10. The van der Waals surface area contributed by atoms with Crippen LogP contribution in [0.1, 0.15) is 46.5 Å². The maximum atomic E-state index is 5.72. The molecule has 1 saturated heterocycles. The van der Waals surface area contributed by atoms with E-state index in [0.717, 1.165) is 19.7 Å². The SMILES string of the molecule is CCNCCCCCN1CC(C)OCC1CC. The van der Waals surface area contributed by atoms with Gasteiger partial charge in [-0.25, -0.2) is 0 Å². The molecule has 2 unspecified atom stereocenters. The summed E-state index contributed by atoms with van der Waals surface area (Å²) in [6.45, 7) is 12.2. The first-order valence-electron chi connectivity index (χ1n) is 7.34. The fraction of sp³-hybridized carbons (Fsp3) is 1.00. The van der Waals surface area contributed by atoms with Gasteiger partial charge in [-0.3, -0.25) is 4.90 Å². The highest BCUT2D eigenvalue weighted by atomic mass is 16.5. The van der Waals surface area contributed by atoms with Gasteiger partial charge in [-0.1, -0.05) is 20.3 Å². The van der Waals surface area contributed by atoms with Gasteiger partial charge in [0.15, 0.2) is 0 Å². The van der Waals surface area contributed by atoms with Gasteiger partial charge >= 0.3 is 0 Å². The molecule has 1 heterocycles. The van der Waals surface area contributed by atoms with Crippen LogP contribution in [0.3, 0.4) is 0 Å². The van der Waals surface area contributed by atoms with Gasteiger partial charge in [0.25, 0.3) is 0 Å². The molecule has 0 spiro atoms. The van der Waals surface area contributed by atoms with E-state index < -0.39 is 0 Å². The van der Waals surface area contributed by atoms with E-state index in [9.17, 15) is 0 Å². The minimum Gasteiger partial charge on any atom is -0.376 e. The van der Waals surface area contributed by atoms with Crippen LogP contribution in [0.15, 0.2) is 0 Å². The van der Waals surface area contributed by atoms with Gasteiger partial charge in [0.2, 0.25) is 0 Å². The number of hydrogen-bond donors (Lipinski definition) is 1. The number of rotatable bonds is 8. The monoisotopic (exact) mass is 242 g/mol. The molecular formula is C14H30N2O. The van der Waals surface area contributed by atoms with Crippen molar-refractivity contribution in [2.45, 2.75) is 58.6 Å². The second-order valence-corrected chi connectivity index (χ2v) is 5.12. The first kappa shape index (κ1) is 14.9. The van der Waals surface area contributed by atoms with Crippen LogP contribution < -0.4 is 5.32 Å². The number of nitrogens with one attached hydrogen (secondary N) is 1. The molecule has 0 aromatic heterocycles. The molecule has 0 aromatic rings. The van der Waals surface area contributed by atoms with E-state index in [1.54, 1.807) is 0 Å². The largest absolute Gasteiger partial charge is 0.376 e. The fourth-order valence-corrected chi connectivity index (χ4v) is 2.48. The van der Waals surface area contributed by atoms with Crippen molar-refractivity contribution in [3.8, 4) is 0 Å². The predicted octanol–water partition coefficient (Wildman–Crippen LogP) is 2.27. The molecule has 0 amide bonds. The maximum absolute atomic E-state index is 5.72. The Bertz CT molecular complexity index is 187. The topological polar surface area (TPSA) is 24.5 Å². The Labute approximate surface area is 107 Å². The highest BCUT2D eigenvalue weighted by molar-refractivity contribution is 4.77. The van der Waals surface area contributed by atoms with Crippen LogP contribution in [0.4, 0.5) is 0 Å². The lowest BCUT2D eigenvalue weighted by Gasteiger charge is -2.38. The number of nitrogens with zero attached hydrogens (tertiary/aromatic N) is 1. The van der Waals surface area contributed by atoms with E-state index in [4.69, 9.17) is 4.74 Å². The van der Waals surface area contributed by atoms with Gasteiger partial charge < -0.3 is 10.1 Å². The summed E-state index contributed by atoms with van der Waals surface area (Å²) in [5, 5.41) is 3.38. The predicted molar refractivity (Wildman–Crippen MR) is 73.5 cm³/mol. The summed E-state index contributed by atoms with van der Waals surface area (Å²) >= 11 is 0. The second kappa shape index (κ2) is 8.90. The van der Waals surface area contributed by atoms with Crippen molar-refractivity contribution >= 4 is 0 Å². The van der Waals surface area contributed by atoms with E-state index in [1.165, 1.54) is 38.8 Å². The fourth-order valence-electron chi connectivity index (χ4n) is 2.48. The molecule has 17 heavy (non-hydrogen) atoms. The van der Waals surface area contributed by atoms with Crippen LogP contribution in [0.2, 0.25) is 0 Å². The summed E-state index contributed by atoms with van der Waals surface area (Å²) in [4.78, 5) is 2.63. The van der Waals surface area contributed by atoms with Gasteiger partial charge in [0.1, 0.15) is 0 Å². The van der Waals surface area contributed by atoms with E-state index in [1.807, 2.05) is 0 Å². The number of unbranched alkanes of at least 4 members (excludes halogenated alkanes) is 2. The molecule has 1 rings (SSSR count). The summed E-state index contributed by atoms with van der Waals surface area (Å²) in [5.41, 5.74) is 0. The molecular weight excluding hydrogens is 212 g/mol. The zero-order valence-electron chi connectivity index (χ0n) is 11.9. The Hall–Kier alpha value is -0.120. The van der Waals surface area contributed by atoms with Crippen molar-refractivity contribution in [1.29, 1.82) is 0 Å². The molecule has 1 N–H and O–H groups in total. The molecule has 2 atom stereocenters. The van der Waals surface area contributed by atoms with Gasteiger partial charge in [-0.2, -0.15) is 0 Å². The van der Waals surface area contributed by atoms with E-state index >= 15 is 0 Å². The quantitative estimate of drug-likeness (QED) is 0.661. The van der Waals surface area contributed by atoms with Crippen molar-refractivity contribution in [3.63, 3.8) is 0 Å². The van der Waals surface area contributed by atoms with Crippen LogP contribution in [0.25, 0.3) is 0 Å². The van der Waals surface area contributed by atoms with Gasteiger partial charge in [-0.15, -0.1) is 0 Å². The summed E-state index contributed by atoms with van der Waals surface area (Å²) in [7, 11) is 0. The molecule has 0 aromatic carbocycles. The molecule has 0 saturated carbocycles. The minimum atomic E-state index is 0.416. The lowest BCUT2D eigenvalue weighted by atomic mass is 10.1. The van der Waals surface area contributed by atoms with Crippen molar-refractivity contribution in [1.82, 2.24) is 10.2 Å². The molecule has 1 fully saturated rings. The zero-order valence-corrected chi connectivity index (χ0v) is 11.9. The molecule has 0 bridgehead atoms. The Morgan fingerprint density at radius 3 is 2.76 bits per heavy atom.